The molecule has 2 atom stereocenters. The molecule has 0 fully saturated rings. The number of hydrogen-bond donors (Lipinski definition) is 4. The minimum Gasteiger partial charge on any atom is -0.460 e. The summed E-state index contributed by atoms with van der Waals surface area (Å²) in [5, 5.41) is 7.95. The second kappa shape index (κ2) is 23.4. The Balaban J connectivity index is 4.93. The van der Waals surface area contributed by atoms with Crippen LogP contribution in [0, 0.1) is 0 Å². The first-order valence-corrected chi connectivity index (χ1v) is 16.7. The van der Waals surface area contributed by atoms with E-state index in [1.807, 2.05) is 0 Å². The molecule has 48 heavy (non-hydrogen) atoms. The van der Waals surface area contributed by atoms with Crippen LogP contribution in [0.5, 0.6) is 0 Å². The lowest BCUT2D eigenvalue weighted by molar-refractivity contribution is -0.159. The van der Waals surface area contributed by atoms with Gasteiger partial charge in [0.1, 0.15) is 28.9 Å². The van der Waals surface area contributed by atoms with Crippen LogP contribution in [-0.4, -0.2) is 111 Å². The molecular weight excluding hydrogens is 628 g/mol. The van der Waals surface area contributed by atoms with Crippen LogP contribution in [0.4, 0.5) is 4.79 Å². The Morgan fingerprint density at radius 1 is 0.583 bits per heavy atom. The molecule has 280 valence electrons. The first-order chi connectivity index (χ1) is 22.2. The van der Waals surface area contributed by atoms with E-state index < -0.39 is 52.8 Å². The number of carbonyl (C=O) groups is 5. The quantitative estimate of drug-likeness (QED) is 0.0694. The lowest BCUT2D eigenvalue weighted by Gasteiger charge is -2.27. The van der Waals surface area contributed by atoms with Crippen LogP contribution in [0.25, 0.3) is 0 Å². The third-order valence-corrected chi connectivity index (χ3v) is 5.77. The van der Waals surface area contributed by atoms with Gasteiger partial charge in [0, 0.05) is 25.9 Å². The maximum absolute atomic E-state index is 13.1. The molecule has 0 heterocycles. The zero-order valence-electron chi connectivity index (χ0n) is 30.6. The van der Waals surface area contributed by atoms with Crippen LogP contribution >= 0.6 is 0 Å². The standard InChI is InChI=1S/C33H62N4O11/c1-31(2,3)46-27(39)14-13-25(29(41)48-33(7,8)9)37-30(42)36-24(28(40)47-32(4,5)6)12-10-11-17-35-26(38)15-18-43-20-22-45-23-21-44-19-16-34/h24-25H,10-23,34H2,1-9H3,(H,35,38)(H2,36,37,42)/t24-,25-/m0/s1. The van der Waals surface area contributed by atoms with Crippen LogP contribution in [0.15, 0.2) is 0 Å². The van der Waals surface area contributed by atoms with Crippen LogP contribution in [0.3, 0.4) is 0 Å². The summed E-state index contributed by atoms with van der Waals surface area (Å²) < 4.78 is 32.2. The normalized spacial score (nSPS) is 13.2. The van der Waals surface area contributed by atoms with Gasteiger partial charge in [-0.1, -0.05) is 0 Å². The van der Waals surface area contributed by atoms with Gasteiger partial charge < -0.3 is 50.1 Å². The number of ether oxygens (including phenoxy) is 6. The zero-order chi connectivity index (χ0) is 36.8. The van der Waals surface area contributed by atoms with E-state index in [1.165, 1.54) is 0 Å². The van der Waals surface area contributed by atoms with Gasteiger partial charge in [0.25, 0.3) is 0 Å². The van der Waals surface area contributed by atoms with Crippen molar-refractivity contribution >= 4 is 29.8 Å². The van der Waals surface area contributed by atoms with E-state index in [0.29, 0.717) is 59.0 Å². The topological polar surface area (TPSA) is 203 Å². The molecule has 0 aromatic carbocycles. The third-order valence-electron chi connectivity index (χ3n) is 5.77. The van der Waals surface area contributed by atoms with Crippen LogP contribution in [-0.2, 0) is 47.6 Å². The molecule has 5 N–H and O–H groups in total. The Bertz CT molecular complexity index is 972. The molecule has 0 aliphatic rings. The molecule has 0 saturated heterocycles. The van der Waals surface area contributed by atoms with Crippen LogP contribution in [0.2, 0.25) is 0 Å². The van der Waals surface area contributed by atoms with Crippen molar-refractivity contribution in [2.75, 3.05) is 52.7 Å². The Morgan fingerprint density at radius 2 is 1.04 bits per heavy atom. The van der Waals surface area contributed by atoms with Gasteiger partial charge in [0.2, 0.25) is 5.91 Å². The van der Waals surface area contributed by atoms with Crippen molar-refractivity contribution in [3.8, 4) is 0 Å². The molecular formula is C33H62N4O11. The third kappa shape index (κ3) is 27.0. The molecule has 0 aliphatic carbocycles. The number of nitrogens with one attached hydrogen (secondary N) is 3. The summed E-state index contributed by atoms with van der Waals surface area (Å²) in [5.74, 6) is -2.08. The number of rotatable bonds is 23. The van der Waals surface area contributed by atoms with E-state index in [4.69, 9.17) is 34.2 Å². The Morgan fingerprint density at radius 3 is 1.52 bits per heavy atom. The van der Waals surface area contributed by atoms with Crippen molar-refractivity contribution in [1.82, 2.24) is 16.0 Å². The number of amides is 3. The lowest BCUT2D eigenvalue weighted by Crippen LogP contribution is -2.53. The molecule has 0 bridgehead atoms. The van der Waals surface area contributed by atoms with E-state index >= 15 is 0 Å². The van der Waals surface area contributed by atoms with E-state index in [2.05, 4.69) is 16.0 Å². The Hall–Kier alpha value is -3.01. The predicted octanol–water partition coefficient (Wildman–Crippen LogP) is 2.51. The molecule has 15 heteroatoms. The summed E-state index contributed by atoms with van der Waals surface area (Å²) in [6, 6.07) is -3.01. The number of nitrogens with two attached hydrogens (primary N) is 1. The van der Waals surface area contributed by atoms with Crippen molar-refractivity contribution in [1.29, 1.82) is 0 Å². The predicted molar refractivity (Wildman–Crippen MR) is 179 cm³/mol. The van der Waals surface area contributed by atoms with Gasteiger partial charge in [0.05, 0.1) is 39.6 Å². The van der Waals surface area contributed by atoms with Gasteiger partial charge in [-0.15, -0.1) is 0 Å². The minimum atomic E-state index is -1.18. The van der Waals surface area contributed by atoms with E-state index in [9.17, 15) is 24.0 Å². The highest BCUT2D eigenvalue weighted by Gasteiger charge is 2.31. The summed E-state index contributed by atoms with van der Waals surface area (Å²) in [6.07, 6.45) is 1.20. The van der Waals surface area contributed by atoms with Crippen LogP contribution in [0.1, 0.15) is 101 Å². The maximum atomic E-state index is 13.1. The van der Waals surface area contributed by atoms with Gasteiger partial charge in [0.15, 0.2) is 0 Å². The average Bonchev–Trinajstić information content (AvgIpc) is 2.92. The summed E-state index contributed by atoms with van der Waals surface area (Å²) >= 11 is 0. The monoisotopic (exact) mass is 690 g/mol. The molecule has 3 amide bonds. The molecule has 0 radical (unpaired) electrons. The zero-order valence-corrected chi connectivity index (χ0v) is 30.6. The smallest absolute Gasteiger partial charge is 0.329 e. The van der Waals surface area contributed by atoms with Crippen molar-refractivity contribution in [2.45, 2.75) is 130 Å². The molecule has 0 saturated carbocycles. The van der Waals surface area contributed by atoms with Gasteiger partial charge in [-0.25, -0.2) is 14.4 Å². The van der Waals surface area contributed by atoms with E-state index in [0.717, 1.165) is 0 Å². The van der Waals surface area contributed by atoms with Gasteiger partial charge >= 0.3 is 23.9 Å². The molecule has 0 aromatic heterocycles. The van der Waals surface area contributed by atoms with Crippen LogP contribution < -0.4 is 21.7 Å². The Kier molecular flexibility index (Phi) is 21.9. The first kappa shape index (κ1) is 45.0. The fraction of sp³-hybridized carbons (Fsp3) is 0.848. The second-order valence-corrected chi connectivity index (χ2v) is 14.1. The highest BCUT2D eigenvalue weighted by atomic mass is 16.6. The van der Waals surface area contributed by atoms with Gasteiger partial charge in [-0.3, -0.25) is 9.59 Å². The van der Waals surface area contributed by atoms with Gasteiger partial charge in [-0.2, -0.15) is 0 Å². The Labute approximate surface area is 286 Å². The summed E-state index contributed by atoms with van der Waals surface area (Å²) in [4.78, 5) is 63.4. The lowest BCUT2D eigenvalue weighted by atomic mass is 10.1. The first-order valence-electron chi connectivity index (χ1n) is 16.7. The fourth-order valence-electron chi connectivity index (χ4n) is 3.84. The van der Waals surface area contributed by atoms with Crippen molar-refractivity contribution in [3.05, 3.63) is 0 Å². The number of esters is 3. The van der Waals surface area contributed by atoms with E-state index in [-0.39, 0.29) is 38.2 Å². The summed E-state index contributed by atoms with van der Waals surface area (Å²) in [7, 11) is 0. The maximum Gasteiger partial charge on any atom is 0.329 e. The summed E-state index contributed by atoms with van der Waals surface area (Å²) in [5.41, 5.74) is 2.98. The highest BCUT2D eigenvalue weighted by molar-refractivity contribution is 5.87. The number of carbonyl (C=O) groups excluding carboxylic acids is 5. The van der Waals surface area contributed by atoms with Crippen molar-refractivity contribution < 1.29 is 52.4 Å². The molecule has 15 nitrogen and oxygen atoms in total. The average molecular weight is 691 g/mol. The SMILES string of the molecule is CC(C)(C)OC(=O)CC[C@H](NC(=O)N[C@@H](CCCCNC(=O)CCOCCOCCOCCN)C(=O)OC(C)(C)C)C(=O)OC(C)(C)C. The molecule has 0 spiro atoms. The molecule has 0 rings (SSSR count). The molecule has 0 unspecified atom stereocenters. The fourth-order valence-corrected chi connectivity index (χ4v) is 3.84. The van der Waals surface area contributed by atoms with E-state index in [1.54, 1.807) is 62.3 Å². The van der Waals surface area contributed by atoms with Crippen molar-refractivity contribution in [3.63, 3.8) is 0 Å². The number of unbranched alkanes of at least 4 members (excludes halogenated alkanes) is 1. The number of hydrogen-bond acceptors (Lipinski definition) is 12. The largest absolute Gasteiger partial charge is 0.460 e. The molecule has 0 aliphatic heterocycles. The minimum absolute atomic E-state index is 0.0715. The number of urea groups is 1. The van der Waals surface area contributed by atoms with Gasteiger partial charge in [-0.05, 0) is 88.0 Å². The second-order valence-electron chi connectivity index (χ2n) is 14.1. The highest BCUT2D eigenvalue weighted by Crippen LogP contribution is 2.15. The molecule has 0 aromatic rings. The van der Waals surface area contributed by atoms with Crippen molar-refractivity contribution in [2.24, 2.45) is 5.73 Å². The summed E-state index contributed by atoms with van der Waals surface area (Å²) in [6.45, 7) is 18.6.